The SMILES string of the molecule is COc1ccc(C2CC(C)N(Cc3ccccc3)C2)cc1. The zero-order valence-electron chi connectivity index (χ0n) is 12.8. The van der Waals surface area contributed by atoms with Gasteiger partial charge in [0.1, 0.15) is 5.75 Å². The number of hydrogen-bond acceptors (Lipinski definition) is 2. The Bertz CT molecular complexity index is 564. The van der Waals surface area contributed by atoms with Crippen LogP contribution in [-0.4, -0.2) is 24.6 Å². The van der Waals surface area contributed by atoms with Gasteiger partial charge in [0.05, 0.1) is 7.11 Å². The van der Waals surface area contributed by atoms with Crippen molar-refractivity contribution in [2.45, 2.75) is 31.8 Å². The van der Waals surface area contributed by atoms with Crippen LogP contribution in [0.25, 0.3) is 0 Å². The molecule has 2 aromatic carbocycles. The summed E-state index contributed by atoms with van der Waals surface area (Å²) < 4.78 is 5.24. The Labute approximate surface area is 127 Å². The van der Waals surface area contributed by atoms with E-state index in [9.17, 15) is 0 Å². The lowest BCUT2D eigenvalue weighted by Gasteiger charge is -2.21. The van der Waals surface area contributed by atoms with Gasteiger partial charge in [-0.3, -0.25) is 4.90 Å². The molecule has 0 aliphatic carbocycles. The summed E-state index contributed by atoms with van der Waals surface area (Å²) in [6.45, 7) is 4.53. The molecule has 1 aliphatic rings. The van der Waals surface area contributed by atoms with E-state index < -0.39 is 0 Å². The number of likely N-dealkylation sites (tertiary alicyclic amines) is 1. The molecule has 3 rings (SSSR count). The molecule has 2 nitrogen and oxygen atoms in total. The van der Waals surface area contributed by atoms with Crippen LogP contribution in [0.1, 0.15) is 30.4 Å². The van der Waals surface area contributed by atoms with E-state index in [0.717, 1.165) is 18.8 Å². The van der Waals surface area contributed by atoms with E-state index in [1.54, 1.807) is 7.11 Å². The van der Waals surface area contributed by atoms with Gasteiger partial charge in [0.2, 0.25) is 0 Å². The molecule has 0 bridgehead atoms. The lowest BCUT2D eigenvalue weighted by molar-refractivity contribution is 0.259. The van der Waals surface area contributed by atoms with Crippen molar-refractivity contribution in [2.75, 3.05) is 13.7 Å². The van der Waals surface area contributed by atoms with Gasteiger partial charge in [-0.2, -0.15) is 0 Å². The molecular formula is C19H23NO. The third-order valence-corrected chi connectivity index (χ3v) is 4.52. The van der Waals surface area contributed by atoms with Crippen LogP contribution in [-0.2, 0) is 6.54 Å². The molecule has 2 unspecified atom stereocenters. The number of methoxy groups -OCH3 is 1. The second kappa shape index (κ2) is 6.31. The van der Waals surface area contributed by atoms with E-state index in [4.69, 9.17) is 4.74 Å². The van der Waals surface area contributed by atoms with Crippen molar-refractivity contribution in [2.24, 2.45) is 0 Å². The Hall–Kier alpha value is -1.80. The fraction of sp³-hybridized carbons (Fsp3) is 0.368. The zero-order valence-corrected chi connectivity index (χ0v) is 12.8. The van der Waals surface area contributed by atoms with Crippen molar-refractivity contribution in [3.05, 3.63) is 65.7 Å². The van der Waals surface area contributed by atoms with Crippen LogP contribution in [0.2, 0.25) is 0 Å². The summed E-state index contributed by atoms with van der Waals surface area (Å²) >= 11 is 0. The second-order valence-corrected chi connectivity index (χ2v) is 5.97. The molecule has 1 heterocycles. The molecule has 2 atom stereocenters. The maximum atomic E-state index is 5.24. The van der Waals surface area contributed by atoms with Crippen molar-refractivity contribution in [3.8, 4) is 5.75 Å². The summed E-state index contributed by atoms with van der Waals surface area (Å²) in [5.74, 6) is 1.57. The van der Waals surface area contributed by atoms with Gasteiger partial charge in [-0.1, -0.05) is 42.5 Å². The lowest BCUT2D eigenvalue weighted by atomic mass is 9.97. The number of nitrogens with zero attached hydrogens (tertiary/aromatic N) is 1. The first-order valence-corrected chi connectivity index (χ1v) is 7.68. The maximum absolute atomic E-state index is 5.24. The summed E-state index contributed by atoms with van der Waals surface area (Å²) in [6.07, 6.45) is 1.24. The molecule has 0 amide bonds. The van der Waals surface area contributed by atoms with Crippen LogP contribution in [0.15, 0.2) is 54.6 Å². The Kier molecular flexibility index (Phi) is 4.26. The van der Waals surface area contributed by atoms with Crippen molar-refractivity contribution in [1.29, 1.82) is 0 Å². The highest BCUT2D eigenvalue weighted by atomic mass is 16.5. The molecule has 0 aromatic heterocycles. The van der Waals surface area contributed by atoms with Crippen molar-refractivity contribution < 1.29 is 4.74 Å². The Morgan fingerprint density at radius 2 is 1.76 bits per heavy atom. The molecule has 2 heteroatoms. The minimum absolute atomic E-state index is 0.634. The van der Waals surface area contributed by atoms with E-state index in [1.165, 1.54) is 17.5 Å². The molecule has 0 spiro atoms. The fourth-order valence-electron chi connectivity index (χ4n) is 3.25. The first-order chi connectivity index (χ1) is 10.3. The third kappa shape index (κ3) is 3.27. The molecular weight excluding hydrogens is 258 g/mol. The van der Waals surface area contributed by atoms with E-state index >= 15 is 0 Å². The predicted octanol–water partition coefficient (Wildman–Crippen LogP) is 4.07. The minimum Gasteiger partial charge on any atom is -0.497 e. The molecule has 1 fully saturated rings. The smallest absolute Gasteiger partial charge is 0.118 e. The lowest BCUT2D eigenvalue weighted by Crippen LogP contribution is -2.26. The zero-order chi connectivity index (χ0) is 14.7. The van der Waals surface area contributed by atoms with E-state index in [2.05, 4.69) is 66.4 Å². The second-order valence-electron chi connectivity index (χ2n) is 5.97. The van der Waals surface area contributed by atoms with Gasteiger partial charge >= 0.3 is 0 Å². The summed E-state index contributed by atoms with van der Waals surface area (Å²) in [5.41, 5.74) is 2.83. The van der Waals surface area contributed by atoms with Crippen LogP contribution < -0.4 is 4.74 Å². The third-order valence-electron chi connectivity index (χ3n) is 4.52. The van der Waals surface area contributed by atoms with Gasteiger partial charge in [-0.25, -0.2) is 0 Å². The maximum Gasteiger partial charge on any atom is 0.118 e. The molecule has 1 aliphatic heterocycles. The van der Waals surface area contributed by atoms with Crippen LogP contribution in [0.3, 0.4) is 0 Å². The van der Waals surface area contributed by atoms with E-state index in [-0.39, 0.29) is 0 Å². The van der Waals surface area contributed by atoms with Gasteiger partial charge in [0.15, 0.2) is 0 Å². The topological polar surface area (TPSA) is 12.5 Å². The highest BCUT2D eigenvalue weighted by Crippen LogP contribution is 2.33. The summed E-state index contributed by atoms with van der Waals surface area (Å²) in [6, 6.07) is 20.0. The first-order valence-electron chi connectivity index (χ1n) is 7.68. The number of rotatable bonds is 4. The largest absolute Gasteiger partial charge is 0.497 e. The molecule has 21 heavy (non-hydrogen) atoms. The minimum atomic E-state index is 0.634. The van der Waals surface area contributed by atoms with Gasteiger partial charge < -0.3 is 4.74 Å². The Morgan fingerprint density at radius 1 is 1.05 bits per heavy atom. The van der Waals surface area contributed by atoms with Crippen molar-refractivity contribution in [3.63, 3.8) is 0 Å². The molecule has 0 N–H and O–H groups in total. The van der Waals surface area contributed by atoms with Gasteiger partial charge in [-0.05, 0) is 42.5 Å². The van der Waals surface area contributed by atoms with Crippen molar-refractivity contribution >= 4 is 0 Å². The number of hydrogen-bond donors (Lipinski definition) is 0. The molecule has 0 saturated carbocycles. The molecule has 110 valence electrons. The Balaban J connectivity index is 1.67. The van der Waals surface area contributed by atoms with Gasteiger partial charge in [-0.15, -0.1) is 0 Å². The highest BCUT2D eigenvalue weighted by molar-refractivity contribution is 5.30. The van der Waals surface area contributed by atoms with Gasteiger partial charge in [0.25, 0.3) is 0 Å². The molecule has 1 saturated heterocycles. The standard InChI is InChI=1S/C19H23NO/c1-15-12-18(17-8-10-19(21-2)11-9-17)14-20(15)13-16-6-4-3-5-7-16/h3-11,15,18H,12-14H2,1-2H3. The number of ether oxygens (including phenoxy) is 1. The van der Waals surface area contributed by atoms with Crippen LogP contribution in [0.5, 0.6) is 5.75 Å². The Morgan fingerprint density at radius 3 is 2.43 bits per heavy atom. The van der Waals surface area contributed by atoms with E-state index in [0.29, 0.717) is 12.0 Å². The van der Waals surface area contributed by atoms with Gasteiger partial charge in [0, 0.05) is 19.1 Å². The fourth-order valence-corrected chi connectivity index (χ4v) is 3.25. The van der Waals surface area contributed by atoms with Crippen molar-refractivity contribution in [1.82, 2.24) is 4.90 Å². The van der Waals surface area contributed by atoms with Crippen LogP contribution in [0.4, 0.5) is 0 Å². The molecule has 2 aromatic rings. The summed E-state index contributed by atoms with van der Waals surface area (Å²) in [4.78, 5) is 2.59. The predicted molar refractivity (Wildman–Crippen MR) is 86.7 cm³/mol. The summed E-state index contributed by atoms with van der Waals surface area (Å²) in [7, 11) is 1.72. The number of benzene rings is 2. The average molecular weight is 281 g/mol. The normalized spacial score (nSPS) is 22.4. The summed E-state index contributed by atoms with van der Waals surface area (Å²) in [5, 5.41) is 0. The first kappa shape index (κ1) is 14.2. The monoisotopic (exact) mass is 281 g/mol. The highest BCUT2D eigenvalue weighted by Gasteiger charge is 2.29. The van der Waals surface area contributed by atoms with Crippen LogP contribution >= 0.6 is 0 Å². The average Bonchev–Trinajstić information content (AvgIpc) is 2.89. The van der Waals surface area contributed by atoms with Crippen LogP contribution in [0, 0.1) is 0 Å². The van der Waals surface area contributed by atoms with E-state index in [1.807, 2.05) is 0 Å². The molecule has 0 radical (unpaired) electrons. The quantitative estimate of drug-likeness (QED) is 0.837.